The summed E-state index contributed by atoms with van der Waals surface area (Å²) in [7, 11) is 0. The van der Waals surface area contributed by atoms with Crippen LogP contribution in [0.3, 0.4) is 0 Å². The molecule has 0 aliphatic heterocycles. The summed E-state index contributed by atoms with van der Waals surface area (Å²) < 4.78 is -0.772. The van der Waals surface area contributed by atoms with Gasteiger partial charge in [0.25, 0.3) is 0 Å². The second kappa shape index (κ2) is 4.05. The molecule has 14 heavy (non-hydrogen) atoms. The molecule has 1 aromatic carbocycles. The van der Waals surface area contributed by atoms with Crippen molar-refractivity contribution in [3.63, 3.8) is 0 Å². The number of aliphatic carboxylic acids is 1. The Morgan fingerprint density at radius 3 is 2.43 bits per heavy atom. The van der Waals surface area contributed by atoms with E-state index >= 15 is 0 Å². The van der Waals surface area contributed by atoms with Crippen molar-refractivity contribution in [1.82, 2.24) is 0 Å². The molecule has 3 heteroatoms. The van der Waals surface area contributed by atoms with E-state index < -0.39 is 10.7 Å². The van der Waals surface area contributed by atoms with Crippen molar-refractivity contribution in [2.24, 2.45) is 0 Å². The lowest BCUT2D eigenvalue weighted by Crippen LogP contribution is -2.26. The van der Waals surface area contributed by atoms with E-state index in [0.717, 1.165) is 10.5 Å². The quantitative estimate of drug-likeness (QED) is 0.779. The van der Waals surface area contributed by atoms with E-state index in [-0.39, 0.29) is 0 Å². The molecule has 0 aliphatic carbocycles. The molecule has 0 heterocycles. The third kappa shape index (κ3) is 2.51. The number of hydrogen-bond donors (Lipinski definition) is 1. The predicted octanol–water partition coefficient (Wildman–Crippen LogP) is 2.95. The minimum Gasteiger partial charge on any atom is -0.480 e. The zero-order valence-electron chi connectivity index (χ0n) is 8.57. The average molecular weight is 210 g/mol. The molecule has 0 spiro atoms. The van der Waals surface area contributed by atoms with E-state index in [9.17, 15) is 4.79 Å². The van der Waals surface area contributed by atoms with Gasteiger partial charge in [0.1, 0.15) is 4.75 Å². The molecule has 0 aromatic heterocycles. The van der Waals surface area contributed by atoms with E-state index in [0.29, 0.717) is 0 Å². The summed E-state index contributed by atoms with van der Waals surface area (Å²) in [5.74, 6) is -0.786. The number of rotatable bonds is 3. The van der Waals surface area contributed by atoms with Crippen LogP contribution in [0.2, 0.25) is 0 Å². The van der Waals surface area contributed by atoms with Crippen LogP contribution < -0.4 is 0 Å². The lowest BCUT2D eigenvalue weighted by atomic mass is 10.2. The van der Waals surface area contributed by atoms with E-state index in [1.165, 1.54) is 11.8 Å². The fraction of sp³-hybridized carbons (Fsp3) is 0.364. The average Bonchev–Trinajstić information content (AvgIpc) is 2.08. The van der Waals surface area contributed by atoms with Gasteiger partial charge in [-0.3, -0.25) is 4.79 Å². The second-order valence-corrected chi connectivity index (χ2v) is 5.35. The van der Waals surface area contributed by atoms with Crippen molar-refractivity contribution in [3.05, 3.63) is 29.8 Å². The number of carboxylic acids is 1. The first kappa shape index (κ1) is 11.1. The minimum atomic E-state index is -0.786. The van der Waals surface area contributed by atoms with E-state index in [1.54, 1.807) is 13.8 Å². The maximum absolute atomic E-state index is 10.9. The van der Waals surface area contributed by atoms with Crippen LogP contribution in [0.25, 0.3) is 0 Å². The molecule has 0 aliphatic rings. The van der Waals surface area contributed by atoms with Gasteiger partial charge >= 0.3 is 5.97 Å². The molecule has 1 rings (SSSR count). The summed E-state index contributed by atoms with van der Waals surface area (Å²) in [5, 5.41) is 8.97. The van der Waals surface area contributed by atoms with Gasteiger partial charge in [-0.05, 0) is 32.4 Å². The summed E-state index contributed by atoms with van der Waals surface area (Å²) in [5.41, 5.74) is 1.12. The highest BCUT2D eigenvalue weighted by atomic mass is 32.2. The summed E-state index contributed by atoms with van der Waals surface area (Å²) in [4.78, 5) is 11.9. The maximum Gasteiger partial charge on any atom is 0.319 e. The molecular formula is C11H14O2S. The van der Waals surface area contributed by atoms with Crippen molar-refractivity contribution in [2.45, 2.75) is 30.4 Å². The summed E-state index contributed by atoms with van der Waals surface area (Å²) in [6.45, 7) is 5.42. The Hall–Kier alpha value is -0.960. The van der Waals surface area contributed by atoms with Crippen molar-refractivity contribution >= 4 is 17.7 Å². The zero-order valence-corrected chi connectivity index (χ0v) is 9.39. The molecule has 0 radical (unpaired) electrons. The van der Waals surface area contributed by atoms with Gasteiger partial charge < -0.3 is 5.11 Å². The van der Waals surface area contributed by atoms with E-state index in [4.69, 9.17) is 5.11 Å². The largest absolute Gasteiger partial charge is 0.480 e. The number of hydrogen-bond acceptors (Lipinski definition) is 2. The Labute approximate surface area is 88.3 Å². The Bertz CT molecular complexity index is 345. The third-order valence-corrected chi connectivity index (χ3v) is 3.34. The van der Waals surface area contributed by atoms with Crippen LogP contribution in [0.1, 0.15) is 19.4 Å². The van der Waals surface area contributed by atoms with Crippen LogP contribution in [0.15, 0.2) is 29.2 Å². The normalized spacial score (nSPS) is 11.4. The highest BCUT2D eigenvalue weighted by Gasteiger charge is 2.28. The molecule has 0 saturated carbocycles. The van der Waals surface area contributed by atoms with Gasteiger partial charge in [-0.25, -0.2) is 0 Å². The summed E-state index contributed by atoms with van der Waals surface area (Å²) >= 11 is 1.38. The van der Waals surface area contributed by atoms with Gasteiger partial charge in [0.05, 0.1) is 0 Å². The number of carboxylic acid groups (broad SMARTS) is 1. The fourth-order valence-corrected chi connectivity index (χ4v) is 2.00. The fourth-order valence-electron chi connectivity index (χ4n) is 0.989. The first-order chi connectivity index (χ1) is 6.43. The highest BCUT2D eigenvalue weighted by Crippen LogP contribution is 2.34. The predicted molar refractivity (Wildman–Crippen MR) is 58.8 cm³/mol. The van der Waals surface area contributed by atoms with Crippen molar-refractivity contribution in [3.8, 4) is 0 Å². The van der Waals surface area contributed by atoms with Crippen molar-refractivity contribution in [2.75, 3.05) is 0 Å². The Kier molecular flexibility index (Phi) is 3.21. The summed E-state index contributed by atoms with van der Waals surface area (Å²) in [6.07, 6.45) is 0. The number of thioether (sulfide) groups is 1. The molecule has 1 N–H and O–H groups in total. The number of carbonyl (C=O) groups is 1. The SMILES string of the molecule is Cc1ccccc1SC(C)(C)C(=O)O. The van der Waals surface area contributed by atoms with Crippen LogP contribution in [-0.4, -0.2) is 15.8 Å². The molecular weight excluding hydrogens is 196 g/mol. The van der Waals surface area contributed by atoms with Crippen LogP contribution in [0.4, 0.5) is 0 Å². The summed E-state index contributed by atoms with van der Waals surface area (Å²) in [6, 6.07) is 7.81. The minimum absolute atomic E-state index is 0.772. The molecule has 76 valence electrons. The van der Waals surface area contributed by atoms with Crippen LogP contribution in [0.5, 0.6) is 0 Å². The lowest BCUT2D eigenvalue weighted by Gasteiger charge is -2.19. The standard InChI is InChI=1S/C11H14O2S/c1-8-6-4-5-7-9(8)14-11(2,3)10(12)13/h4-7H,1-3H3,(H,12,13). The molecule has 0 fully saturated rings. The molecule has 1 aromatic rings. The highest BCUT2D eigenvalue weighted by molar-refractivity contribution is 8.01. The zero-order chi connectivity index (χ0) is 10.8. The molecule has 0 atom stereocenters. The van der Waals surface area contributed by atoms with Crippen LogP contribution in [0, 0.1) is 6.92 Å². The first-order valence-electron chi connectivity index (χ1n) is 4.41. The molecule has 0 unspecified atom stereocenters. The van der Waals surface area contributed by atoms with Gasteiger partial charge in [0.2, 0.25) is 0 Å². The van der Waals surface area contributed by atoms with Gasteiger partial charge in [-0.15, -0.1) is 11.8 Å². The maximum atomic E-state index is 10.9. The first-order valence-corrected chi connectivity index (χ1v) is 5.23. The van der Waals surface area contributed by atoms with Crippen molar-refractivity contribution in [1.29, 1.82) is 0 Å². The number of aryl methyl sites for hydroxylation is 1. The topological polar surface area (TPSA) is 37.3 Å². The van der Waals surface area contributed by atoms with Crippen molar-refractivity contribution < 1.29 is 9.90 Å². The number of benzene rings is 1. The smallest absolute Gasteiger partial charge is 0.319 e. The van der Waals surface area contributed by atoms with Gasteiger partial charge in [0, 0.05) is 4.90 Å². The molecule has 2 nitrogen and oxygen atoms in total. The lowest BCUT2D eigenvalue weighted by molar-refractivity contribution is -0.138. The Balaban J connectivity index is 2.89. The van der Waals surface area contributed by atoms with Crippen LogP contribution >= 0.6 is 11.8 Å². The monoisotopic (exact) mass is 210 g/mol. The van der Waals surface area contributed by atoms with Gasteiger partial charge in [-0.2, -0.15) is 0 Å². The van der Waals surface area contributed by atoms with Gasteiger partial charge in [-0.1, -0.05) is 18.2 Å². The van der Waals surface area contributed by atoms with Gasteiger partial charge in [0.15, 0.2) is 0 Å². The second-order valence-electron chi connectivity index (χ2n) is 3.68. The Morgan fingerprint density at radius 1 is 1.36 bits per heavy atom. The van der Waals surface area contributed by atoms with Crippen LogP contribution in [-0.2, 0) is 4.79 Å². The molecule has 0 bridgehead atoms. The van der Waals surface area contributed by atoms with E-state index in [1.807, 2.05) is 31.2 Å². The van der Waals surface area contributed by atoms with E-state index in [2.05, 4.69) is 0 Å². The molecule has 0 saturated heterocycles. The third-order valence-electron chi connectivity index (χ3n) is 1.97. The molecule has 0 amide bonds. The Morgan fingerprint density at radius 2 is 1.93 bits per heavy atom.